The van der Waals surface area contributed by atoms with E-state index in [4.69, 9.17) is 9.47 Å². The highest BCUT2D eigenvalue weighted by atomic mass is 16.5. The first kappa shape index (κ1) is 16.0. The third-order valence-corrected chi connectivity index (χ3v) is 3.73. The molecule has 0 spiro atoms. The fraction of sp³-hybridized carbons (Fsp3) is 0.278. The SMILES string of the molecule is COc1cccc(-c2nnn(CCOc3c(C)cccc3C)n2)c1. The Hall–Kier alpha value is -2.89. The predicted molar refractivity (Wildman–Crippen MR) is 91.2 cm³/mol. The van der Waals surface area contributed by atoms with Crippen LogP contribution in [0.15, 0.2) is 42.5 Å². The lowest BCUT2D eigenvalue weighted by molar-refractivity contribution is 0.277. The molecule has 6 nitrogen and oxygen atoms in total. The lowest BCUT2D eigenvalue weighted by atomic mass is 10.1. The highest BCUT2D eigenvalue weighted by Crippen LogP contribution is 2.22. The molecule has 0 fully saturated rings. The second kappa shape index (κ2) is 7.12. The molecule has 3 aromatic rings. The molecule has 0 aliphatic rings. The third-order valence-electron chi connectivity index (χ3n) is 3.73. The highest BCUT2D eigenvalue weighted by molar-refractivity contribution is 5.56. The summed E-state index contributed by atoms with van der Waals surface area (Å²) < 4.78 is 11.1. The number of ether oxygens (including phenoxy) is 2. The van der Waals surface area contributed by atoms with Crippen LogP contribution in [0.25, 0.3) is 11.4 Å². The zero-order valence-corrected chi connectivity index (χ0v) is 14.1. The molecule has 0 saturated heterocycles. The molecular weight excluding hydrogens is 304 g/mol. The van der Waals surface area contributed by atoms with Crippen molar-refractivity contribution in [3.8, 4) is 22.9 Å². The van der Waals surface area contributed by atoms with Gasteiger partial charge < -0.3 is 9.47 Å². The van der Waals surface area contributed by atoms with Crippen LogP contribution in [-0.2, 0) is 6.54 Å². The number of benzene rings is 2. The Bertz CT molecular complexity index is 809. The molecule has 1 heterocycles. The van der Waals surface area contributed by atoms with Crippen molar-refractivity contribution < 1.29 is 9.47 Å². The summed E-state index contributed by atoms with van der Waals surface area (Å²) in [6, 6.07) is 13.7. The standard InChI is InChI=1S/C18H20N4O2/c1-13-6-4-7-14(2)17(13)24-11-10-22-20-18(19-21-22)15-8-5-9-16(12-15)23-3/h4-9,12H,10-11H2,1-3H3. The van der Waals surface area contributed by atoms with Gasteiger partial charge >= 0.3 is 0 Å². The molecule has 124 valence electrons. The van der Waals surface area contributed by atoms with Crippen molar-refractivity contribution in [2.75, 3.05) is 13.7 Å². The van der Waals surface area contributed by atoms with E-state index in [0.29, 0.717) is 19.0 Å². The number of aryl methyl sites for hydroxylation is 2. The van der Waals surface area contributed by atoms with Crippen molar-refractivity contribution in [1.82, 2.24) is 20.2 Å². The summed E-state index contributed by atoms with van der Waals surface area (Å²) >= 11 is 0. The van der Waals surface area contributed by atoms with Crippen LogP contribution >= 0.6 is 0 Å². The van der Waals surface area contributed by atoms with E-state index in [1.54, 1.807) is 11.9 Å². The number of nitrogens with zero attached hydrogens (tertiary/aromatic N) is 4. The van der Waals surface area contributed by atoms with Gasteiger partial charge in [-0.15, -0.1) is 10.2 Å². The Labute approximate surface area is 141 Å². The maximum absolute atomic E-state index is 5.87. The smallest absolute Gasteiger partial charge is 0.205 e. The zero-order valence-electron chi connectivity index (χ0n) is 14.1. The Morgan fingerprint density at radius 3 is 2.54 bits per heavy atom. The van der Waals surface area contributed by atoms with E-state index in [9.17, 15) is 0 Å². The van der Waals surface area contributed by atoms with Crippen LogP contribution in [-0.4, -0.2) is 33.9 Å². The summed E-state index contributed by atoms with van der Waals surface area (Å²) in [5.41, 5.74) is 3.12. The number of para-hydroxylation sites is 1. The molecule has 24 heavy (non-hydrogen) atoms. The summed E-state index contributed by atoms with van der Waals surface area (Å²) in [5, 5.41) is 12.6. The quantitative estimate of drug-likeness (QED) is 0.697. The number of aromatic nitrogens is 4. The van der Waals surface area contributed by atoms with E-state index in [2.05, 4.69) is 15.4 Å². The predicted octanol–water partition coefficient (Wildman–Crippen LogP) is 3.04. The van der Waals surface area contributed by atoms with Crippen molar-refractivity contribution >= 4 is 0 Å². The van der Waals surface area contributed by atoms with Gasteiger partial charge in [0.15, 0.2) is 0 Å². The van der Waals surface area contributed by atoms with Crippen LogP contribution in [0.5, 0.6) is 11.5 Å². The summed E-state index contributed by atoms with van der Waals surface area (Å²) in [7, 11) is 1.63. The molecule has 0 atom stereocenters. The van der Waals surface area contributed by atoms with Crippen LogP contribution in [0.3, 0.4) is 0 Å². The van der Waals surface area contributed by atoms with Crippen molar-refractivity contribution in [3.63, 3.8) is 0 Å². The van der Waals surface area contributed by atoms with Gasteiger partial charge in [0.1, 0.15) is 18.1 Å². The summed E-state index contributed by atoms with van der Waals surface area (Å²) in [6.45, 7) is 5.10. The molecule has 0 aliphatic heterocycles. The molecule has 3 rings (SSSR count). The molecule has 0 radical (unpaired) electrons. The van der Waals surface area contributed by atoms with E-state index < -0.39 is 0 Å². The average Bonchev–Trinajstić information content (AvgIpc) is 3.06. The Morgan fingerprint density at radius 2 is 1.79 bits per heavy atom. The second-order valence-electron chi connectivity index (χ2n) is 5.51. The minimum Gasteiger partial charge on any atom is -0.497 e. The molecule has 0 bridgehead atoms. The summed E-state index contributed by atoms with van der Waals surface area (Å²) in [5.74, 6) is 2.26. The molecule has 0 aliphatic carbocycles. The molecule has 2 aromatic carbocycles. The van der Waals surface area contributed by atoms with Crippen molar-refractivity contribution in [1.29, 1.82) is 0 Å². The Kier molecular flexibility index (Phi) is 4.74. The van der Waals surface area contributed by atoms with Gasteiger partial charge in [0.05, 0.1) is 13.7 Å². The number of rotatable bonds is 6. The van der Waals surface area contributed by atoms with Gasteiger partial charge in [-0.1, -0.05) is 30.3 Å². The number of hydrogen-bond donors (Lipinski definition) is 0. The number of methoxy groups -OCH3 is 1. The van der Waals surface area contributed by atoms with E-state index in [-0.39, 0.29) is 0 Å². The van der Waals surface area contributed by atoms with Crippen LogP contribution in [0.2, 0.25) is 0 Å². The molecule has 1 aromatic heterocycles. The van der Waals surface area contributed by atoms with E-state index in [1.165, 1.54) is 0 Å². The fourth-order valence-electron chi connectivity index (χ4n) is 2.47. The van der Waals surface area contributed by atoms with Gasteiger partial charge in [0.2, 0.25) is 5.82 Å². The molecule has 0 amide bonds. The maximum Gasteiger partial charge on any atom is 0.205 e. The molecule has 0 saturated carbocycles. The Balaban J connectivity index is 1.64. The van der Waals surface area contributed by atoms with Crippen molar-refractivity contribution in [3.05, 3.63) is 53.6 Å². The fourth-order valence-corrected chi connectivity index (χ4v) is 2.47. The van der Waals surface area contributed by atoms with Crippen LogP contribution < -0.4 is 9.47 Å². The first-order chi connectivity index (χ1) is 11.7. The van der Waals surface area contributed by atoms with Crippen molar-refractivity contribution in [2.45, 2.75) is 20.4 Å². The number of tetrazole rings is 1. The van der Waals surface area contributed by atoms with Gasteiger partial charge in [-0.25, -0.2) is 0 Å². The summed E-state index contributed by atoms with van der Waals surface area (Å²) in [4.78, 5) is 1.54. The first-order valence-electron chi connectivity index (χ1n) is 7.78. The minimum absolute atomic E-state index is 0.486. The Morgan fingerprint density at radius 1 is 1.04 bits per heavy atom. The van der Waals surface area contributed by atoms with E-state index >= 15 is 0 Å². The molecule has 0 unspecified atom stereocenters. The monoisotopic (exact) mass is 324 g/mol. The normalized spacial score (nSPS) is 10.6. The van der Waals surface area contributed by atoms with Crippen molar-refractivity contribution in [2.24, 2.45) is 0 Å². The third kappa shape index (κ3) is 3.53. The van der Waals surface area contributed by atoms with Crippen LogP contribution in [0.1, 0.15) is 11.1 Å². The van der Waals surface area contributed by atoms with Gasteiger partial charge in [-0.3, -0.25) is 0 Å². The van der Waals surface area contributed by atoms with Crippen LogP contribution in [0.4, 0.5) is 0 Å². The molecular formula is C18H20N4O2. The average molecular weight is 324 g/mol. The largest absolute Gasteiger partial charge is 0.497 e. The van der Waals surface area contributed by atoms with Crippen LogP contribution in [0, 0.1) is 13.8 Å². The molecule has 0 N–H and O–H groups in total. The number of hydrogen-bond acceptors (Lipinski definition) is 5. The maximum atomic E-state index is 5.87. The topological polar surface area (TPSA) is 62.1 Å². The summed E-state index contributed by atoms with van der Waals surface area (Å²) in [6.07, 6.45) is 0. The van der Waals surface area contributed by atoms with E-state index in [0.717, 1.165) is 28.2 Å². The minimum atomic E-state index is 0.486. The first-order valence-corrected chi connectivity index (χ1v) is 7.78. The van der Waals surface area contributed by atoms with E-state index in [1.807, 2.05) is 56.3 Å². The zero-order chi connectivity index (χ0) is 16.9. The van der Waals surface area contributed by atoms with Gasteiger partial charge in [0, 0.05) is 5.56 Å². The molecule has 6 heteroatoms. The second-order valence-corrected chi connectivity index (χ2v) is 5.51. The van der Waals surface area contributed by atoms with Gasteiger partial charge in [-0.05, 0) is 42.3 Å². The lowest BCUT2D eigenvalue weighted by Gasteiger charge is -2.11. The highest BCUT2D eigenvalue weighted by Gasteiger charge is 2.08. The van der Waals surface area contributed by atoms with Gasteiger partial charge in [0.25, 0.3) is 0 Å². The van der Waals surface area contributed by atoms with Gasteiger partial charge in [-0.2, -0.15) is 4.80 Å². The lowest BCUT2D eigenvalue weighted by Crippen LogP contribution is -2.12.